The normalized spacial score (nSPS) is 21.3. The van der Waals surface area contributed by atoms with Gasteiger partial charge in [-0.2, -0.15) is 0 Å². The number of rotatable bonds is 6. The molecule has 6 nitrogen and oxygen atoms in total. The molecule has 3 aliphatic rings. The van der Waals surface area contributed by atoms with E-state index in [2.05, 4.69) is 5.32 Å². The maximum absolute atomic E-state index is 13.7. The van der Waals surface area contributed by atoms with Crippen LogP contribution in [0.15, 0.2) is 51.6 Å². The van der Waals surface area contributed by atoms with Crippen LogP contribution < -0.4 is 5.32 Å². The van der Waals surface area contributed by atoms with E-state index < -0.39 is 6.04 Å². The van der Waals surface area contributed by atoms with Gasteiger partial charge in [-0.15, -0.1) is 0 Å². The number of carbonyl (C=O) groups excluding carboxylic acids is 2. The summed E-state index contributed by atoms with van der Waals surface area (Å²) in [6.45, 7) is 7.33. The molecule has 2 amide bonds. The fourth-order valence-corrected chi connectivity index (χ4v) is 5.25. The number of carbonyl (C=O) groups is 2. The van der Waals surface area contributed by atoms with Gasteiger partial charge < -0.3 is 15.1 Å². The summed E-state index contributed by atoms with van der Waals surface area (Å²) in [6, 6.07) is 5.90. The highest BCUT2D eigenvalue weighted by atomic mass is 32.2. The number of thioether (sulfide) groups is 1. The van der Waals surface area contributed by atoms with Crippen LogP contribution in [0.4, 0.5) is 4.39 Å². The van der Waals surface area contributed by atoms with E-state index in [1.807, 2.05) is 36.0 Å². The van der Waals surface area contributed by atoms with Crippen molar-refractivity contribution in [2.75, 3.05) is 13.1 Å². The molecule has 32 heavy (non-hydrogen) atoms. The van der Waals surface area contributed by atoms with Crippen LogP contribution in [0.1, 0.15) is 58.1 Å². The Morgan fingerprint density at radius 3 is 2.59 bits per heavy atom. The first-order valence-corrected chi connectivity index (χ1v) is 12.1. The highest BCUT2D eigenvalue weighted by molar-refractivity contribution is 8.16. The molecular weight excluding hydrogens is 427 g/mol. The van der Waals surface area contributed by atoms with Crippen LogP contribution in [-0.2, 0) is 9.59 Å². The van der Waals surface area contributed by atoms with Crippen molar-refractivity contribution in [1.82, 2.24) is 15.1 Å². The Morgan fingerprint density at radius 1 is 1.25 bits per heavy atom. The van der Waals surface area contributed by atoms with Crippen molar-refractivity contribution < 1.29 is 14.0 Å². The van der Waals surface area contributed by atoms with Gasteiger partial charge in [-0.05, 0) is 56.2 Å². The van der Waals surface area contributed by atoms with E-state index in [1.54, 1.807) is 12.1 Å². The molecular formula is C24H29FN4O2S. The van der Waals surface area contributed by atoms with Gasteiger partial charge in [0.15, 0.2) is 5.17 Å². The highest BCUT2D eigenvalue weighted by Gasteiger charge is 2.41. The average molecular weight is 457 g/mol. The Kier molecular flexibility index (Phi) is 6.69. The van der Waals surface area contributed by atoms with Gasteiger partial charge in [0, 0.05) is 24.8 Å². The quantitative estimate of drug-likeness (QED) is 0.692. The molecule has 2 unspecified atom stereocenters. The zero-order chi connectivity index (χ0) is 22.8. The van der Waals surface area contributed by atoms with E-state index in [4.69, 9.17) is 4.99 Å². The van der Waals surface area contributed by atoms with Gasteiger partial charge >= 0.3 is 0 Å². The van der Waals surface area contributed by atoms with E-state index in [0.717, 1.165) is 48.8 Å². The summed E-state index contributed by atoms with van der Waals surface area (Å²) in [5, 5.41) is 5.68. The van der Waals surface area contributed by atoms with Gasteiger partial charge in [0.2, 0.25) is 5.91 Å². The zero-order valence-electron chi connectivity index (χ0n) is 18.7. The lowest BCUT2D eigenvalue weighted by atomic mass is 9.92. The maximum atomic E-state index is 13.7. The summed E-state index contributed by atoms with van der Waals surface area (Å²) in [5.74, 6) is -0.424. The second-order valence-electron chi connectivity index (χ2n) is 8.50. The third-order valence-electron chi connectivity index (χ3n) is 6.17. The summed E-state index contributed by atoms with van der Waals surface area (Å²) >= 11 is 1.45. The minimum atomic E-state index is -0.450. The molecule has 8 heteroatoms. The van der Waals surface area contributed by atoms with Crippen LogP contribution in [0.3, 0.4) is 0 Å². The first-order chi connectivity index (χ1) is 15.4. The summed E-state index contributed by atoms with van der Waals surface area (Å²) in [6.07, 6.45) is 3.03. The number of halogens is 1. The number of aliphatic imine (C=N–C) groups is 1. The molecule has 4 rings (SSSR count). The number of hydrogen-bond acceptors (Lipinski definition) is 5. The topological polar surface area (TPSA) is 65.0 Å². The molecule has 2 atom stereocenters. The highest BCUT2D eigenvalue weighted by Crippen LogP contribution is 2.45. The molecule has 170 valence electrons. The van der Waals surface area contributed by atoms with Crippen molar-refractivity contribution in [3.8, 4) is 0 Å². The van der Waals surface area contributed by atoms with Gasteiger partial charge in [0.25, 0.3) is 5.91 Å². The standard InChI is InChI=1S/C24H29FN4O2S/c1-4-15(2)26-20(30)13-19-14-32-24-27-16(3)21(23(31)28-11-5-6-12-28)22(29(19)24)17-7-9-18(25)10-8-17/h7-10,14-15,22H,4-6,11-13H2,1-3H3,(H,26,30). The molecule has 0 radical (unpaired) electrons. The Hall–Kier alpha value is -2.61. The fourth-order valence-electron chi connectivity index (χ4n) is 4.29. The van der Waals surface area contributed by atoms with Crippen LogP contribution >= 0.6 is 11.8 Å². The van der Waals surface area contributed by atoms with Crippen molar-refractivity contribution in [2.45, 2.75) is 58.5 Å². The molecule has 0 bridgehead atoms. The molecule has 3 heterocycles. The van der Waals surface area contributed by atoms with Crippen LogP contribution in [-0.4, -0.2) is 45.9 Å². The Morgan fingerprint density at radius 2 is 1.94 bits per heavy atom. The van der Waals surface area contributed by atoms with E-state index in [9.17, 15) is 14.0 Å². The molecule has 1 fully saturated rings. The van der Waals surface area contributed by atoms with E-state index in [-0.39, 0.29) is 30.1 Å². The Labute approximate surface area is 192 Å². The molecule has 1 saturated heterocycles. The third-order valence-corrected chi connectivity index (χ3v) is 7.06. The first-order valence-electron chi connectivity index (χ1n) is 11.2. The fraction of sp³-hybridized carbons (Fsp3) is 0.458. The monoisotopic (exact) mass is 456 g/mol. The predicted octanol–water partition coefficient (Wildman–Crippen LogP) is 4.33. The molecule has 1 N–H and O–H groups in total. The van der Waals surface area contributed by atoms with E-state index in [1.165, 1.54) is 23.9 Å². The number of hydrogen-bond donors (Lipinski definition) is 1. The number of likely N-dealkylation sites (tertiary alicyclic amines) is 1. The molecule has 0 saturated carbocycles. The Bertz CT molecular complexity index is 996. The average Bonchev–Trinajstić information content (AvgIpc) is 3.43. The number of nitrogens with zero attached hydrogens (tertiary/aromatic N) is 3. The van der Waals surface area contributed by atoms with Crippen molar-refractivity contribution >= 4 is 28.7 Å². The van der Waals surface area contributed by atoms with E-state index in [0.29, 0.717) is 11.3 Å². The number of amidine groups is 1. The maximum Gasteiger partial charge on any atom is 0.254 e. The number of nitrogens with one attached hydrogen (secondary N) is 1. The van der Waals surface area contributed by atoms with Crippen LogP contribution in [0.25, 0.3) is 0 Å². The van der Waals surface area contributed by atoms with Gasteiger partial charge in [0.1, 0.15) is 5.82 Å². The SMILES string of the molecule is CCC(C)NC(=O)CC1=CSC2=NC(C)=C(C(=O)N3CCCC3)C(c3ccc(F)cc3)N12. The summed E-state index contributed by atoms with van der Waals surface area (Å²) in [4.78, 5) is 34.8. The largest absolute Gasteiger partial charge is 0.353 e. The lowest BCUT2D eigenvalue weighted by Crippen LogP contribution is -2.41. The van der Waals surface area contributed by atoms with Crippen LogP contribution in [0, 0.1) is 5.82 Å². The number of amides is 2. The van der Waals surface area contributed by atoms with Gasteiger partial charge in [-0.3, -0.25) is 9.59 Å². The summed E-state index contributed by atoms with van der Waals surface area (Å²) in [5.41, 5.74) is 2.87. The van der Waals surface area contributed by atoms with E-state index >= 15 is 0 Å². The van der Waals surface area contributed by atoms with Gasteiger partial charge in [-0.25, -0.2) is 9.38 Å². The number of fused-ring (bicyclic) bond motifs is 1. The second-order valence-corrected chi connectivity index (χ2v) is 9.33. The lowest BCUT2D eigenvalue weighted by Gasteiger charge is -2.37. The first kappa shape index (κ1) is 22.6. The van der Waals surface area contributed by atoms with Crippen LogP contribution in [0.5, 0.6) is 0 Å². The van der Waals surface area contributed by atoms with Gasteiger partial charge in [0.05, 0.1) is 23.7 Å². The minimum Gasteiger partial charge on any atom is -0.353 e. The smallest absolute Gasteiger partial charge is 0.254 e. The number of allylic oxidation sites excluding steroid dienone is 1. The number of benzene rings is 1. The van der Waals surface area contributed by atoms with Crippen molar-refractivity contribution in [2.24, 2.45) is 4.99 Å². The van der Waals surface area contributed by atoms with Crippen molar-refractivity contribution in [3.63, 3.8) is 0 Å². The molecule has 0 spiro atoms. The molecule has 1 aromatic carbocycles. The van der Waals surface area contributed by atoms with Gasteiger partial charge in [-0.1, -0.05) is 30.8 Å². The predicted molar refractivity (Wildman–Crippen MR) is 125 cm³/mol. The van der Waals surface area contributed by atoms with Crippen molar-refractivity contribution in [1.29, 1.82) is 0 Å². The van der Waals surface area contributed by atoms with Crippen molar-refractivity contribution in [3.05, 3.63) is 58.0 Å². The molecule has 0 aliphatic carbocycles. The lowest BCUT2D eigenvalue weighted by molar-refractivity contribution is -0.126. The third kappa shape index (κ3) is 4.46. The summed E-state index contributed by atoms with van der Waals surface area (Å²) < 4.78 is 13.7. The summed E-state index contributed by atoms with van der Waals surface area (Å²) in [7, 11) is 0. The van der Waals surface area contributed by atoms with Crippen LogP contribution in [0.2, 0.25) is 0 Å². The minimum absolute atomic E-state index is 0.0302. The molecule has 3 aliphatic heterocycles. The molecule has 1 aromatic rings. The second kappa shape index (κ2) is 9.48. The Balaban J connectivity index is 1.71. The zero-order valence-corrected chi connectivity index (χ0v) is 19.5. The molecule has 0 aromatic heterocycles.